The van der Waals surface area contributed by atoms with Crippen molar-refractivity contribution in [2.75, 3.05) is 32.8 Å². The molecule has 1 saturated heterocycles. The zero-order valence-corrected chi connectivity index (χ0v) is 13.4. The Bertz CT molecular complexity index is 567. The van der Waals surface area contributed by atoms with Gasteiger partial charge in [-0.2, -0.15) is 26.3 Å². The summed E-state index contributed by atoms with van der Waals surface area (Å²) in [5, 5.41) is 12.1. The van der Waals surface area contributed by atoms with Crippen LogP contribution in [0.25, 0.3) is 0 Å². The van der Waals surface area contributed by atoms with Crippen molar-refractivity contribution in [2.45, 2.75) is 31.2 Å². The van der Waals surface area contributed by atoms with Crippen LogP contribution in [0.4, 0.5) is 26.3 Å². The molecule has 0 radical (unpaired) electrons. The third kappa shape index (κ3) is 5.08. The molecule has 0 bridgehead atoms. The molecule has 1 aliphatic rings. The Morgan fingerprint density at radius 2 is 1.68 bits per heavy atom. The molecular formula is C16H20F6N2O. The van der Waals surface area contributed by atoms with Gasteiger partial charge in [0.15, 0.2) is 0 Å². The lowest BCUT2D eigenvalue weighted by Gasteiger charge is -2.36. The first-order valence-electron chi connectivity index (χ1n) is 7.98. The van der Waals surface area contributed by atoms with Crippen molar-refractivity contribution in [2.24, 2.45) is 0 Å². The molecule has 0 amide bonds. The molecule has 142 valence electrons. The molecule has 1 atom stereocenters. The van der Waals surface area contributed by atoms with Crippen molar-refractivity contribution in [1.82, 2.24) is 10.2 Å². The molecule has 2 rings (SSSR count). The maximum absolute atomic E-state index is 13.4. The summed E-state index contributed by atoms with van der Waals surface area (Å²) in [6, 6.07) is 0.750. The van der Waals surface area contributed by atoms with E-state index >= 15 is 0 Å². The number of halogens is 6. The van der Waals surface area contributed by atoms with Gasteiger partial charge in [-0.3, -0.25) is 4.90 Å². The highest BCUT2D eigenvalue weighted by molar-refractivity contribution is 5.37. The van der Waals surface area contributed by atoms with E-state index in [2.05, 4.69) is 5.32 Å². The van der Waals surface area contributed by atoms with E-state index in [1.165, 1.54) is 0 Å². The van der Waals surface area contributed by atoms with Gasteiger partial charge in [0.2, 0.25) is 0 Å². The number of aliphatic hydroxyl groups is 1. The minimum Gasteiger partial charge on any atom is -0.396 e. The molecule has 0 aromatic heterocycles. The molecule has 1 aromatic rings. The monoisotopic (exact) mass is 370 g/mol. The Morgan fingerprint density at radius 1 is 1.04 bits per heavy atom. The molecule has 1 fully saturated rings. The number of hydrogen-bond acceptors (Lipinski definition) is 3. The fourth-order valence-electron chi connectivity index (χ4n) is 3.09. The number of rotatable bonds is 5. The van der Waals surface area contributed by atoms with Crippen LogP contribution in [0.3, 0.4) is 0 Å². The van der Waals surface area contributed by atoms with Gasteiger partial charge in [0.1, 0.15) is 0 Å². The number of benzene rings is 1. The Labute approximate surface area is 141 Å². The number of piperazine rings is 1. The first kappa shape index (κ1) is 20.0. The molecule has 2 N–H and O–H groups in total. The maximum Gasteiger partial charge on any atom is 0.416 e. The van der Waals surface area contributed by atoms with E-state index in [4.69, 9.17) is 5.11 Å². The van der Waals surface area contributed by atoms with Crippen LogP contribution >= 0.6 is 0 Å². The predicted octanol–water partition coefficient (Wildman–Crippen LogP) is 3.44. The lowest BCUT2D eigenvalue weighted by Crippen LogP contribution is -2.45. The van der Waals surface area contributed by atoms with E-state index in [9.17, 15) is 26.3 Å². The third-order valence-electron chi connectivity index (χ3n) is 4.27. The summed E-state index contributed by atoms with van der Waals surface area (Å²) >= 11 is 0. The van der Waals surface area contributed by atoms with Gasteiger partial charge in [0.05, 0.1) is 11.1 Å². The number of alkyl halides is 6. The van der Waals surface area contributed by atoms with Gasteiger partial charge in [-0.25, -0.2) is 0 Å². The smallest absolute Gasteiger partial charge is 0.396 e. The average molecular weight is 370 g/mol. The average Bonchev–Trinajstić information content (AvgIpc) is 2.54. The second-order valence-corrected chi connectivity index (χ2v) is 5.97. The lowest BCUT2D eigenvalue weighted by molar-refractivity contribution is -0.142. The Kier molecular flexibility index (Phi) is 6.34. The third-order valence-corrected chi connectivity index (χ3v) is 4.27. The predicted molar refractivity (Wildman–Crippen MR) is 79.9 cm³/mol. The van der Waals surface area contributed by atoms with Gasteiger partial charge in [-0.15, -0.1) is 0 Å². The topological polar surface area (TPSA) is 35.5 Å². The molecule has 0 unspecified atom stereocenters. The maximum atomic E-state index is 13.4. The van der Waals surface area contributed by atoms with E-state index in [1.54, 1.807) is 4.90 Å². The number of hydrogen-bond donors (Lipinski definition) is 2. The van der Waals surface area contributed by atoms with Crippen LogP contribution in [0.15, 0.2) is 18.2 Å². The lowest BCUT2D eigenvalue weighted by atomic mass is 9.92. The van der Waals surface area contributed by atoms with E-state index in [-0.39, 0.29) is 25.0 Å². The fourth-order valence-corrected chi connectivity index (χ4v) is 3.09. The van der Waals surface area contributed by atoms with E-state index < -0.39 is 29.5 Å². The van der Waals surface area contributed by atoms with E-state index in [0.29, 0.717) is 44.4 Å². The van der Waals surface area contributed by atoms with Gasteiger partial charge < -0.3 is 10.4 Å². The minimum atomic E-state index is -4.75. The zero-order chi connectivity index (χ0) is 18.7. The second kappa shape index (κ2) is 7.92. The van der Waals surface area contributed by atoms with Crippen LogP contribution < -0.4 is 5.32 Å². The summed E-state index contributed by atoms with van der Waals surface area (Å²) in [4.78, 5) is 1.75. The summed E-state index contributed by atoms with van der Waals surface area (Å²) in [5.41, 5.74) is -2.53. The molecule has 1 aromatic carbocycles. The van der Waals surface area contributed by atoms with Crippen molar-refractivity contribution in [3.8, 4) is 0 Å². The summed E-state index contributed by atoms with van der Waals surface area (Å²) in [6.07, 6.45) is -9.10. The van der Waals surface area contributed by atoms with Crippen LogP contribution in [-0.2, 0) is 12.4 Å². The largest absolute Gasteiger partial charge is 0.416 e. The highest BCUT2D eigenvalue weighted by atomic mass is 19.4. The molecule has 9 heteroatoms. The second-order valence-electron chi connectivity index (χ2n) is 5.97. The Balaban J connectivity index is 2.51. The SMILES string of the molecule is OCCC[C@H](c1cc(C(F)(F)F)ccc1C(F)(F)F)N1CCNCC1. The van der Waals surface area contributed by atoms with Crippen molar-refractivity contribution in [1.29, 1.82) is 0 Å². The molecule has 1 aliphatic heterocycles. The quantitative estimate of drug-likeness (QED) is 0.780. The molecule has 0 aliphatic carbocycles. The van der Waals surface area contributed by atoms with Gasteiger partial charge in [0, 0.05) is 38.8 Å². The standard InChI is InChI=1S/C16H20F6N2O/c17-15(18,19)11-3-4-13(16(20,21)22)12(10-11)14(2-1-9-25)24-7-5-23-6-8-24/h3-4,10,14,23,25H,1-2,5-9H2/t14-/m1/s1. The van der Waals surface area contributed by atoms with E-state index in [0.717, 1.165) is 0 Å². The molecule has 0 saturated carbocycles. The van der Waals surface area contributed by atoms with Gasteiger partial charge in [0.25, 0.3) is 0 Å². The molecule has 1 heterocycles. The van der Waals surface area contributed by atoms with Crippen molar-refractivity contribution in [3.05, 3.63) is 34.9 Å². The number of nitrogens with zero attached hydrogens (tertiary/aromatic N) is 1. The number of nitrogens with one attached hydrogen (secondary N) is 1. The van der Waals surface area contributed by atoms with Gasteiger partial charge >= 0.3 is 12.4 Å². The summed E-state index contributed by atoms with van der Waals surface area (Å²) in [5.74, 6) is 0. The van der Waals surface area contributed by atoms with Gasteiger partial charge in [-0.1, -0.05) is 0 Å². The van der Waals surface area contributed by atoms with Crippen LogP contribution in [0, 0.1) is 0 Å². The number of aliphatic hydroxyl groups excluding tert-OH is 1. The van der Waals surface area contributed by atoms with Gasteiger partial charge in [-0.05, 0) is 36.6 Å². The van der Waals surface area contributed by atoms with Crippen molar-refractivity contribution < 1.29 is 31.4 Å². The first-order valence-corrected chi connectivity index (χ1v) is 7.98. The van der Waals surface area contributed by atoms with Crippen molar-refractivity contribution in [3.63, 3.8) is 0 Å². The van der Waals surface area contributed by atoms with Crippen LogP contribution in [-0.4, -0.2) is 42.8 Å². The first-order chi connectivity index (χ1) is 11.6. The Hall–Kier alpha value is -1.32. The molecule has 25 heavy (non-hydrogen) atoms. The molecule has 3 nitrogen and oxygen atoms in total. The minimum absolute atomic E-state index is 0.154. The summed E-state index contributed by atoms with van der Waals surface area (Å²) < 4.78 is 79.1. The summed E-state index contributed by atoms with van der Waals surface area (Å²) in [6.45, 7) is 1.74. The zero-order valence-electron chi connectivity index (χ0n) is 13.4. The van der Waals surface area contributed by atoms with Crippen LogP contribution in [0.2, 0.25) is 0 Å². The van der Waals surface area contributed by atoms with Crippen LogP contribution in [0.1, 0.15) is 35.6 Å². The fraction of sp³-hybridized carbons (Fsp3) is 0.625. The highest BCUT2D eigenvalue weighted by Gasteiger charge is 2.39. The Morgan fingerprint density at radius 3 is 2.20 bits per heavy atom. The van der Waals surface area contributed by atoms with E-state index in [1.807, 2.05) is 0 Å². The highest BCUT2D eigenvalue weighted by Crippen LogP contribution is 2.41. The summed E-state index contributed by atoms with van der Waals surface area (Å²) in [7, 11) is 0. The van der Waals surface area contributed by atoms with Crippen LogP contribution in [0.5, 0.6) is 0 Å². The molecule has 0 spiro atoms. The van der Waals surface area contributed by atoms with Crippen molar-refractivity contribution >= 4 is 0 Å². The normalized spacial score (nSPS) is 18.4. The molecular weight excluding hydrogens is 350 g/mol.